The first kappa shape index (κ1) is 46.9. The minimum absolute atomic E-state index is 0.712. The Bertz CT molecular complexity index is 1490. The first-order chi connectivity index (χ1) is 27.7. The van der Waals surface area contributed by atoms with Crippen LogP contribution < -0.4 is 14.2 Å². The van der Waals surface area contributed by atoms with E-state index in [4.69, 9.17) is 14.2 Å². The smallest absolute Gasteiger partial charge is 0.203 e. The highest BCUT2D eigenvalue weighted by Gasteiger charge is 2.19. The molecule has 0 radical (unpaired) electrons. The molecule has 3 aromatic heterocycles. The van der Waals surface area contributed by atoms with Crippen LogP contribution in [-0.2, 0) is 0 Å². The average molecular weight is 825 g/mol. The summed E-state index contributed by atoms with van der Waals surface area (Å²) in [4.78, 5) is 1.29. The van der Waals surface area contributed by atoms with Gasteiger partial charge in [0.15, 0.2) is 11.5 Å². The molecule has 0 aliphatic carbocycles. The van der Waals surface area contributed by atoms with Gasteiger partial charge in [-0.2, -0.15) is 0 Å². The third-order valence-electron chi connectivity index (χ3n) is 11.3. The van der Waals surface area contributed by atoms with Crippen LogP contribution in [0, 0.1) is 0 Å². The largest absolute Gasteiger partial charge is 0.490 e. The Morgan fingerprint density at radius 2 is 0.786 bits per heavy atom. The van der Waals surface area contributed by atoms with Crippen molar-refractivity contribution in [1.29, 1.82) is 0 Å². The average Bonchev–Trinajstić information content (AvgIpc) is 3.92. The zero-order chi connectivity index (χ0) is 39.3. The molecule has 0 N–H and O–H groups in total. The van der Waals surface area contributed by atoms with Crippen molar-refractivity contribution in [1.82, 2.24) is 0 Å². The Morgan fingerprint density at radius 1 is 0.393 bits per heavy atom. The Morgan fingerprint density at radius 3 is 1.21 bits per heavy atom. The zero-order valence-electron chi connectivity index (χ0n) is 36.2. The summed E-state index contributed by atoms with van der Waals surface area (Å²) < 4.78 is 25.7. The lowest BCUT2D eigenvalue weighted by atomic mass is 10.1. The predicted octanol–water partition coefficient (Wildman–Crippen LogP) is 18.7. The summed E-state index contributed by atoms with van der Waals surface area (Å²) in [5, 5.41) is 2.22. The first-order valence-electron chi connectivity index (χ1n) is 23.7. The molecule has 0 atom stereocenters. The van der Waals surface area contributed by atoms with E-state index in [-0.39, 0.29) is 0 Å². The van der Waals surface area contributed by atoms with Crippen LogP contribution in [0.25, 0.3) is 29.2 Å². The molecule has 0 aliphatic rings. The summed E-state index contributed by atoms with van der Waals surface area (Å²) in [7, 11) is 0. The number of thiophene rings is 3. The maximum absolute atomic E-state index is 6.69. The molecule has 0 amide bonds. The molecular formula is C50H80O3S3. The Kier molecular flexibility index (Phi) is 25.4. The number of ether oxygens (including phenoxy) is 3. The summed E-state index contributed by atoms with van der Waals surface area (Å²) in [6, 6.07) is 9.14. The Hall–Kier alpha value is -1.76. The summed E-state index contributed by atoms with van der Waals surface area (Å²) in [5.41, 5.74) is 1.19. The van der Waals surface area contributed by atoms with Crippen molar-refractivity contribution in [2.75, 3.05) is 19.8 Å². The lowest BCUT2D eigenvalue weighted by molar-refractivity contribution is 0.234. The number of unbranched alkanes of at least 4 members (excludes halogenated alkanes) is 27. The van der Waals surface area contributed by atoms with Gasteiger partial charge >= 0.3 is 0 Å². The molecule has 0 saturated heterocycles. The molecule has 0 fully saturated rings. The van der Waals surface area contributed by atoms with Crippen molar-refractivity contribution in [3.63, 3.8) is 0 Å². The molecule has 1 aromatic carbocycles. The number of benzene rings is 1. The second-order valence-electron chi connectivity index (χ2n) is 16.4. The summed E-state index contributed by atoms with van der Waals surface area (Å²) in [5.74, 6) is 2.55. The highest BCUT2D eigenvalue weighted by Crippen LogP contribution is 2.48. The van der Waals surface area contributed by atoms with Gasteiger partial charge in [-0.05, 0) is 54.5 Å². The number of rotatable bonds is 37. The normalized spacial score (nSPS) is 11.7. The molecule has 316 valence electrons. The third kappa shape index (κ3) is 18.0. The Balaban J connectivity index is 1.38. The standard InChI is InChI=1S/C50H80O3S3/c1-4-7-10-13-16-19-22-25-28-31-35-51-43-39-42(46-41-47-50(56-46)49-45(55-47)34-38-54-49)40-44(52-36-32-29-26-23-20-17-14-11-8-5-2)48(43)53-37-33-30-27-24-21-18-15-12-9-6-3/h34,38-41H,4-33,35-37H2,1-3H3. The van der Waals surface area contributed by atoms with Gasteiger partial charge in [-0.3, -0.25) is 0 Å². The quantitative estimate of drug-likeness (QED) is 0.0424. The molecule has 0 aliphatic heterocycles. The molecule has 0 saturated carbocycles. The van der Waals surface area contributed by atoms with Crippen LogP contribution in [0.3, 0.4) is 0 Å². The van der Waals surface area contributed by atoms with Gasteiger partial charge in [-0.25, -0.2) is 0 Å². The van der Waals surface area contributed by atoms with Crippen LogP contribution in [-0.4, -0.2) is 19.8 Å². The monoisotopic (exact) mass is 825 g/mol. The Labute approximate surface area is 355 Å². The van der Waals surface area contributed by atoms with Gasteiger partial charge in [0.25, 0.3) is 0 Å². The maximum Gasteiger partial charge on any atom is 0.203 e. The zero-order valence-corrected chi connectivity index (χ0v) is 38.6. The van der Waals surface area contributed by atoms with Crippen LogP contribution in [0.5, 0.6) is 17.2 Å². The molecule has 0 spiro atoms. The topological polar surface area (TPSA) is 27.7 Å². The first-order valence-corrected chi connectivity index (χ1v) is 26.2. The molecule has 4 rings (SSSR count). The summed E-state index contributed by atoms with van der Waals surface area (Å²) >= 11 is 5.69. The van der Waals surface area contributed by atoms with E-state index in [1.54, 1.807) is 0 Å². The van der Waals surface area contributed by atoms with E-state index in [0.29, 0.717) is 6.61 Å². The second-order valence-corrected chi connectivity index (χ2v) is 19.5. The maximum atomic E-state index is 6.69. The number of fused-ring (bicyclic) bond motifs is 3. The summed E-state index contributed by atoms with van der Waals surface area (Å²) in [6.45, 7) is 9.05. The van der Waals surface area contributed by atoms with Crippen molar-refractivity contribution in [2.24, 2.45) is 0 Å². The third-order valence-corrected chi connectivity index (χ3v) is 14.9. The van der Waals surface area contributed by atoms with Gasteiger partial charge in [0.1, 0.15) is 0 Å². The van der Waals surface area contributed by atoms with Crippen molar-refractivity contribution in [2.45, 2.75) is 213 Å². The number of hydrogen-bond acceptors (Lipinski definition) is 6. The van der Waals surface area contributed by atoms with Gasteiger partial charge in [0, 0.05) is 14.3 Å². The van der Waals surface area contributed by atoms with Crippen LogP contribution in [0.2, 0.25) is 0 Å². The van der Waals surface area contributed by atoms with E-state index >= 15 is 0 Å². The fourth-order valence-corrected chi connectivity index (χ4v) is 11.5. The van der Waals surface area contributed by atoms with E-state index < -0.39 is 0 Å². The molecule has 6 heteroatoms. The minimum Gasteiger partial charge on any atom is -0.490 e. The van der Waals surface area contributed by atoms with Gasteiger partial charge in [0.2, 0.25) is 5.75 Å². The SMILES string of the molecule is CCCCCCCCCCCCOc1cc(-c2cc3sc4ccsc4c3s2)cc(OCCCCCCCCCCCC)c1OCCCCCCCCCCCC. The van der Waals surface area contributed by atoms with Crippen molar-refractivity contribution < 1.29 is 14.2 Å². The molecule has 3 heterocycles. The minimum atomic E-state index is 0.712. The van der Waals surface area contributed by atoms with E-state index in [0.717, 1.165) is 49.7 Å². The molecule has 0 bridgehead atoms. The predicted molar refractivity (Wildman–Crippen MR) is 253 cm³/mol. The van der Waals surface area contributed by atoms with Crippen LogP contribution in [0.1, 0.15) is 213 Å². The van der Waals surface area contributed by atoms with E-state index in [2.05, 4.69) is 50.4 Å². The van der Waals surface area contributed by atoms with Gasteiger partial charge < -0.3 is 14.2 Å². The number of hydrogen-bond donors (Lipinski definition) is 0. The highest BCUT2D eigenvalue weighted by molar-refractivity contribution is 7.38. The molecular weight excluding hydrogens is 745 g/mol. The molecule has 56 heavy (non-hydrogen) atoms. The van der Waals surface area contributed by atoms with Gasteiger partial charge in [-0.1, -0.05) is 194 Å². The van der Waals surface area contributed by atoms with Crippen LogP contribution in [0.4, 0.5) is 0 Å². The fraction of sp³-hybridized carbons (Fsp3) is 0.720. The van der Waals surface area contributed by atoms with Crippen LogP contribution >= 0.6 is 34.0 Å². The molecule has 0 unspecified atom stereocenters. The summed E-state index contributed by atoms with van der Waals surface area (Å²) in [6.07, 6.45) is 39.7. The second kappa shape index (κ2) is 30.3. The van der Waals surface area contributed by atoms with E-state index in [1.807, 2.05) is 34.0 Å². The molecule has 3 nitrogen and oxygen atoms in total. The lowest BCUT2D eigenvalue weighted by Gasteiger charge is -2.19. The van der Waals surface area contributed by atoms with Crippen molar-refractivity contribution >= 4 is 52.8 Å². The highest BCUT2D eigenvalue weighted by atomic mass is 32.1. The van der Waals surface area contributed by atoms with Gasteiger partial charge in [0.05, 0.1) is 29.2 Å². The fourth-order valence-electron chi connectivity index (χ4n) is 7.80. The van der Waals surface area contributed by atoms with E-state index in [9.17, 15) is 0 Å². The van der Waals surface area contributed by atoms with Crippen molar-refractivity contribution in [3.8, 4) is 27.7 Å². The van der Waals surface area contributed by atoms with Crippen molar-refractivity contribution in [3.05, 3.63) is 29.6 Å². The molecule has 4 aromatic rings. The van der Waals surface area contributed by atoms with E-state index in [1.165, 1.54) is 203 Å². The lowest BCUT2D eigenvalue weighted by Crippen LogP contribution is -2.06. The van der Waals surface area contributed by atoms with Gasteiger partial charge in [-0.15, -0.1) is 34.0 Å². The van der Waals surface area contributed by atoms with Crippen LogP contribution in [0.15, 0.2) is 29.6 Å².